The van der Waals surface area contributed by atoms with Gasteiger partial charge >= 0.3 is 0 Å². The summed E-state index contributed by atoms with van der Waals surface area (Å²) in [5, 5.41) is 13.5. The number of nitrogens with two attached hydrogens (primary N) is 1. The van der Waals surface area contributed by atoms with Gasteiger partial charge in [-0.15, -0.1) is 5.10 Å². The number of rotatable bonds is 5. The van der Waals surface area contributed by atoms with E-state index in [1.165, 1.54) is 0 Å². The van der Waals surface area contributed by atoms with E-state index in [0.29, 0.717) is 6.54 Å². The zero-order valence-corrected chi connectivity index (χ0v) is 12.9. The van der Waals surface area contributed by atoms with Gasteiger partial charge in [0.05, 0.1) is 18.2 Å². The first-order chi connectivity index (χ1) is 10.3. The van der Waals surface area contributed by atoms with Gasteiger partial charge in [0.15, 0.2) is 0 Å². The average molecular weight is 323 g/mol. The van der Waals surface area contributed by atoms with E-state index in [0.717, 1.165) is 36.0 Å². The Hall–Kier alpha value is -1.71. The highest BCUT2D eigenvalue weighted by molar-refractivity contribution is 7.87. The summed E-state index contributed by atoms with van der Waals surface area (Å²) in [7, 11) is -2.00. The lowest BCUT2D eigenvalue weighted by Gasteiger charge is -2.70. The molecule has 0 saturated heterocycles. The largest absolute Gasteiger partial charge is 0.497 e. The smallest absolute Gasteiger partial charge is 0.274 e. The lowest BCUT2D eigenvalue weighted by atomic mass is 9.39. The third-order valence-corrected chi connectivity index (χ3v) is 5.41. The topological polar surface area (TPSA) is 112 Å². The third kappa shape index (κ3) is 1.93. The van der Waals surface area contributed by atoms with E-state index in [2.05, 4.69) is 15.0 Å². The molecule has 3 N–H and O–H groups in total. The zero-order valence-electron chi connectivity index (χ0n) is 12.1. The van der Waals surface area contributed by atoms with Gasteiger partial charge in [0.1, 0.15) is 11.3 Å². The van der Waals surface area contributed by atoms with Gasteiger partial charge in [-0.05, 0) is 36.8 Å². The minimum absolute atomic E-state index is 0.0244. The van der Waals surface area contributed by atoms with Crippen molar-refractivity contribution in [2.75, 3.05) is 13.7 Å². The lowest BCUT2D eigenvalue weighted by Crippen LogP contribution is -2.71. The quantitative estimate of drug-likeness (QED) is 0.811. The molecular formula is C13H17N5O3S. The fourth-order valence-corrected chi connectivity index (χ4v) is 4.49. The summed E-state index contributed by atoms with van der Waals surface area (Å²) in [5.74, 6) is 0.756. The van der Waals surface area contributed by atoms with Crippen molar-refractivity contribution in [1.29, 1.82) is 0 Å². The molecule has 118 valence electrons. The van der Waals surface area contributed by atoms with Crippen molar-refractivity contribution in [3.8, 4) is 5.75 Å². The molecule has 0 radical (unpaired) electrons. The summed E-state index contributed by atoms with van der Waals surface area (Å²) < 4.78 is 31.6. The fraction of sp³-hybridized carbons (Fsp3) is 0.538. The maximum absolute atomic E-state index is 11.0. The minimum Gasteiger partial charge on any atom is -0.497 e. The van der Waals surface area contributed by atoms with Crippen molar-refractivity contribution in [3.63, 3.8) is 0 Å². The molecule has 0 atom stereocenters. The van der Waals surface area contributed by atoms with Gasteiger partial charge in [-0.25, -0.2) is 14.5 Å². The van der Waals surface area contributed by atoms with Crippen molar-refractivity contribution in [2.45, 2.75) is 24.8 Å². The number of nitrogens with one attached hydrogen (secondary N) is 1. The molecule has 0 unspecified atom stereocenters. The Balaban J connectivity index is 1.54. The van der Waals surface area contributed by atoms with Crippen LogP contribution in [-0.2, 0) is 15.7 Å². The van der Waals surface area contributed by atoms with E-state index >= 15 is 0 Å². The number of methoxy groups -OCH3 is 1. The normalized spacial score (nSPS) is 29.9. The molecule has 22 heavy (non-hydrogen) atoms. The Morgan fingerprint density at radius 2 is 2.14 bits per heavy atom. The number of aromatic nitrogens is 3. The van der Waals surface area contributed by atoms with Gasteiger partial charge in [0, 0.05) is 12.6 Å². The summed E-state index contributed by atoms with van der Waals surface area (Å²) in [4.78, 5) is 0. The first kappa shape index (κ1) is 13.9. The van der Waals surface area contributed by atoms with Crippen LogP contribution in [0.25, 0.3) is 11.0 Å². The Labute approximate surface area is 127 Å². The van der Waals surface area contributed by atoms with E-state index in [4.69, 9.17) is 9.88 Å². The van der Waals surface area contributed by atoms with Gasteiger partial charge in [0.2, 0.25) is 0 Å². The van der Waals surface area contributed by atoms with E-state index < -0.39 is 10.2 Å². The summed E-state index contributed by atoms with van der Waals surface area (Å²) in [5.41, 5.74) is 1.79. The number of ether oxygens (including phenoxy) is 1. The molecule has 1 aromatic carbocycles. The van der Waals surface area contributed by atoms with Crippen molar-refractivity contribution in [3.05, 3.63) is 18.2 Å². The first-order valence-electron chi connectivity index (χ1n) is 7.02. The van der Waals surface area contributed by atoms with E-state index in [-0.39, 0.29) is 11.0 Å². The second-order valence-electron chi connectivity index (χ2n) is 6.48. The van der Waals surface area contributed by atoms with Crippen LogP contribution in [0.2, 0.25) is 0 Å². The summed E-state index contributed by atoms with van der Waals surface area (Å²) in [6, 6.07) is 5.72. The third-order valence-electron chi connectivity index (χ3n) is 4.86. The van der Waals surface area contributed by atoms with Crippen LogP contribution in [0.5, 0.6) is 5.75 Å². The van der Waals surface area contributed by atoms with Crippen LogP contribution < -0.4 is 14.6 Å². The maximum Gasteiger partial charge on any atom is 0.274 e. The SMILES string of the molecule is COc1ccc2c(c1)nnn2C12CC(CNS(N)(=O)=O)(C1)C2. The summed E-state index contributed by atoms with van der Waals surface area (Å²) in [6.45, 7) is 0.397. The molecular weight excluding hydrogens is 306 g/mol. The van der Waals surface area contributed by atoms with Gasteiger partial charge in [-0.1, -0.05) is 5.21 Å². The molecule has 9 heteroatoms. The highest BCUT2D eigenvalue weighted by atomic mass is 32.2. The molecule has 3 aliphatic carbocycles. The van der Waals surface area contributed by atoms with E-state index in [9.17, 15) is 8.42 Å². The van der Waals surface area contributed by atoms with Crippen LogP contribution in [0.4, 0.5) is 0 Å². The number of benzene rings is 1. The second-order valence-corrected chi connectivity index (χ2v) is 7.86. The monoisotopic (exact) mass is 323 g/mol. The summed E-state index contributed by atoms with van der Waals surface area (Å²) >= 11 is 0. The second kappa shape index (κ2) is 4.18. The molecule has 2 bridgehead atoms. The van der Waals surface area contributed by atoms with Gasteiger partial charge in [0.25, 0.3) is 10.2 Å². The van der Waals surface area contributed by atoms with Crippen LogP contribution in [0.1, 0.15) is 19.3 Å². The molecule has 3 aliphatic rings. The van der Waals surface area contributed by atoms with Crippen LogP contribution in [-0.4, -0.2) is 37.1 Å². The molecule has 1 heterocycles. The highest BCUT2D eigenvalue weighted by Gasteiger charge is 2.69. The molecule has 3 fully saturated rings. The van der Waals surface area contributed by atoms with Gasteiger partial charge < -0.3 is 4.74 Å². The Morgan fingerprint density at radius 1 is 1.41 bits per heavy atom. The highest BCUT2D eigenvalue weighted by Crippen LogP contribution is 2.71. The Morgan fingerprint density at radius 3 is 2.77 bits per heavy atom. The minimum atomic E-state index is -3.62. The van der Waals surface area contributed by atoms with Crippen LogP contribution in [0.3, 0.4) is 0 Å². The van der Waals surface area contributed by atoms with Crippen molar-refractivity contribution < 1.29 is 13.2 Å². The van der Waals surface area contributed by atoms with Crippen LogP contribution in [0, 0.1) is 5.41 Å². The summed E-state index contributed by atoms with van der Waals surface area (Å²) in [6.07, 6.45) is 2.69. The van der Waals surface area contributed by atoms with Crippen LogP contribution in [0.15, 0.2) is 18.2 Å². The number of hydrogen-bond acceptors (Lipinski definition) is 5. The average Bonchev–Trinajstić information content (AvgIpc) is 2.77. The predicted octanol–water partition coefficient (Wildman–Crippen LogP) is 0.112. The zero-order chi connectivity index (χ0) is 15.6. The van der Waals surface area contributed by atoms with Crippen LogP contribution >= 0.6 is 0 Å². The molecule has 1 aromatic heterocycles. The predicted molar refractivity (Wildman–Crippen MR) is 79.4 cm³/mol. The van der Waals surface area contributed by atoms with Crippen molar-refractivity contribution in [2.24, 2.45) is 10.6 Å². The molecule has 3 saturated carbocycles. The molecule has 2 aromatic rings. The van der Waals surface area contributed by atoms with Crippen molar-refractivity contribution >= 4 is 21.2 Å². The molecule has 0 spiro atoms. The standard InChI is InChI=1S/C13H17N5O3S/c1-21-9-2-3-11-10(4-9)16-17-18(11)13-5-12(6-13,7-13)8-15-22(14,19)20/h2-4,15H,5-8H2,1H3,(H2,14,19,20). The fourth-order valence-electron chi connectivity index (χ4n) is 3.99. The van der Waals surface area contributed by atoms with Crippen molar-refractivity contribution in [1.82, 2.24) is 19.7 Å². The van der Waals surface area contributed by atoms with Gasteiger partial charge in [-0.2, -0.15) is 8.42 Å². The number of fused-ring (bicyclic) bond motifs is 1. The molecule has 0 amide bonds. The molecule has 0 aliphatic heterocycles. The lowest BCUT2D eigenvalue weighted by molar-refractivity contribution is -0.186. The Bertz CT molecular complexity index is 840. The van der Waals surface area contributed by atoms with E-state index in [1.807, 2.05) is 22.9 Å². The van der Waals surface area contributed by atoms with Gasteiger partial charge in [-0.3, -0.25) is 0 Å². The first-order valence-corrected chi connectivity index (χ1v) is 8.57. The number of nitrogens with zero attached hydrogens (tertiary/aromatic N) is 3. The molecule has 5 rings (SSSR count). The molecule has 8 nitrogen and oxygen atoms in total. The van der Waals surface area contributed by atoms with E-state index in [1.54, 1.807) is 7.11 Å². The Kier molecular flexibility index (Phi) is 2.64. The number of hydrogen-bond donors (Lipinski definition) is 2. The maximum atomic E-state index is 11.0.